The van der Waals surface area contributed by atoms with Gasteiger partial charge >= 0.3 is 6.03 Å². The summed E-state index contributed by atoms with van der Waals surface area (Å²) in [6.45, 7) is 3.63. The van der Waals surface area contributed by atoms with Gasteiger partial charge in [0.1, 0.15) is 5.75 Å². The average Bonchev–Trinajstić information content (AvgIpc) is 2.57. The number of carbonyl (C=O) groups excluding carboxylic acids is 1. The fourth-order valence-corrected chi connectivity index (χ4v) is 3.77. The fraction of sp³-hybridized carbons (Fsp3) is 0.588. The highest BCUT2D eigenvalue weighted by atomic mass is 16.5. The number of urea groups is 1. The molecule has 1 saturated heterocycles. The maximum Gasteiger partial charge on any atom is 0.314 e. The van der Waals surface area contributed by atoms with Crippen LogP contribution in [0.25, 0.3) is 0 Å². The first-order valence-corrected chi connectivity index (χ1v) is 8.22. The molecular formula is C17H25N3O3. The van der Waals surface area contributed by atoms with Gasteiger partial charge in [-0.25, -0.2) is 4.79 Å². The third-order valence-electron chi connectivity index (χ3n) is 5.20. The van der Waals surface area contributed by atoms with Gasteiger partial charge in [0.2, 0.25) is 0 Å². The smallest absolute Gasteiger partial charge is 0.314 e. The van der Waals surface area contributed by atoms with E-state index in [2.05, 4.69) is 0 Å². The van der Waals surface area contributed by atoms with Crippen LogP contribution in [0, 0.1) is 12.8 Å². The van der Waals surface area contributed by atoms with Crippen molar-refractivity contribution in [2.45, 2.75) is 38.4 Å². The first-order chi connectivity index (χ1) is 11.0. The predicted molar refractivity (Wildman–Crippen MR) is 87.1 cm³/mol. The number of amides is 2. The summed E-state index contributed by atoms with van der Waals surface area (Å²) in [6.07, 6.45) is 2.28. The molecule has 2 aliphatic rings. The summed E-state index contributed by atoms with van der Waals surface area (Å²) in [5, 5.41) is 10.4. The van der Waals surface area contributed by atoms with Crippen molar-refractivity contribution in [2.75, 3.05) is 19.6 Å². The van der Waals surface area contributed by atoms with Crippen molar-refractivity contribution in [3.63, 3.8) is 0 Å². The quantitative estimate of drug-likeness (QED) is 0.767. The Balaban J connectivity index is 1.78. The van der Waals surface area contributed by atoms with E-state index in [0.717, 1.165) is 29.5 Å². The number of rotatable bonds is 2. The summed E-state index contributed by atoms with van der Waals surface area (Å²) in [5.74, 6) is 0.719. The van der Waals surface area contributed by atoms with E-state index in [9.17, 15) is 9.90 Å². The average molecular weight is 319 g/mol. The number of likely N-dealkylation sites (tertiary alicyclic amines) is 1. The Kier molecular flexibility index (Phi) is 4.46. The van der Waals surface area contributed by atoms with Crippen molar-refractivity contribution < 1.29 is 14.6 Å². The molecule has 3 rings (SSSR count). The highest BCUT2D eigenvalue weighted by Crippen LogP contribution is 2.40. The number of nitrogens with two attached hydrogens (primary N) is 2. The Hall–Kier alpha value is -1.79. The second-order valence-electron chi connectivity index (χ2n) is 6.56. The first-order valence-electron chi connectivity index (χ1n) is 8.22. The van der Waals surface area contributed by atoms with Gasteiger partial charge < -0.3 is 26.2 Å². The maximum atomic E-state index is 11.2. The molecule has 6 heteroatoms. The fourth-order valence-electron chi connectivity index (χ4n) is 3.77. The number of ether oxygens (including phenoxy) is 1. The van der Waals surface area contributed by atoms with E-state index in [1.165, 1.54) is 0 Å². The number of fused-ring (bicyclic) bond motifs is 1. The molecule has 23 heavy (non-hydrogen) atoms. The number of hydrogen-bond acceptors (Lipinski definition) is 4. The van der Waals surface area contributed by atoms with Crippen LogP contribution in [0.4, 0.5) is 4.79 Å². The minimum absolute atomic E-state index is 0.0266. The lowest BCUT2D eigenvalue weighted by Crippen LogP contribution is -2.45. The van der Waals surface area contributed by atoms with Crippen LogP contribution in [-0.4, -0.2) is 41.8 Å². The molecule has 0 saturated carbocycles. The number of piperidine rings is 1. The molecule has 1 aromatic rings. The molecule has 2 atom stereocenters. The van der Waals surface area contributed by atoms with Crippen molar-refractivity contribution in [3.8, 4) is 5.75 Å². The molecule has 0 unspecified atom stereocenters. The summed E-state index contributed by atoms with van der Waals surface area (Å²) in [5.41, 5.74) is 14.1. The van der Waals surface area contributed by atoms with Crippen molar-refractivity contribution in [3.05, 3.63) is 28.8 Å². The molecule has 5 N–H and O–H groups in total. The van der Waals surface area contributed by atoms with E-state index in [1.54, 1.807) is 4.90 Å². The van der Waals surface area contributed by atoms with Crippen LogP contribution in [0.2, 0.25) is 0 Å². The van der Waals surface area contributed by atoms with Gasteiger partial charge in [-0.15, -0.1) is 0 Å². The van der Waals surface area contributed by atoms with Crippen LogP contribution in [-0.2, 0) is 11.2 Å². The van der Waals surface area contributed by atoms with E-state index >= 15 is 0 Å². The zero-order valence-corrected chi connectivity index (χ0v) is 13.5. The topological polar surface area (TPSA) is 102 Å². The van der Waals surface area contributed by atoms with Crippen LogP contribution in [0.1, 0.15) is 35.6 Å². The molecule has 0 aliphatic carbocycles. The van der Waals surface area contributed by atoms with Gasteiger partial charge in [-0.05, 0) is 36.8 Å². The van der Waals surface area contributed by atoms with Crippen molar-refractivity contribution in [1.82, 2.24) is 4.90 Å². The summed E-state index contributed by atoms with van der Waals surface area (Å²) in [4.78, 5) is 12.9. The highest BCUT2D eigenvalue weighted by molar-refractivity contribution is 5.72. The highest BCUT2D eigenvalue weighted by Gasteiger charge is 2.35. The van der Waals surface area contributed by atoms with E-state index < -0.39 is 0 Å². The Labute approximate surface area is 136 Å². The molecule has 1 fully saturated rings. The Bertz CT molecular complexity index is 597. The third-order valence-corrected chi connectivity index (χ3v) is 5.20. The van der Waals surface area contributed by atoms with Crippen molar-refractivity contribution >= 4 is 6.03 Å². The molecule has 2 heterocycles. The zero-order valence-electron chi connectivity index (χ0n) is 13.5. The maximum absolute atomic E-state index is 11.2. The standard InChI is InChI=1S/C17H25N3O3/c1-10-2-3-12-13(16(10)21)8-14(23-15(12)9-18)11-4-6-20(7-5-11)17(19)22/h2-3,11,14-15,21H,4-9,18H2,1H3,(H2,19,22)/t14-,15-/m0/s1. The van der Waals surface area contributed by atoms with Crippen LogP contribution >= 0.6 is 0 Å². The number of aromatic hydroxyl groups is 1. The van der Waals surface area contributed by atoms with Crippen LogP contribution in [0.15, 0.2) is 12.1 Å². The van der Waals surface area contributed by atoms with Crippen molar-refractivity contribution in [1.29, 1.82) is 0 Å². The normalized spacial score (nSPS) is 25.2. The van der Waals surface area contributed by atoms with Crippen LogP contribution in [0.3, 0.4) is 0 Å². The van der Waals surface area contributed by atoms with Gasteiger partial charge in [-0.1, -0.05) is 12.1 Å². The first kappa shape index (κ1) is 16.1. The number of hydrogen-bond donors (Lipinski definition) is 3. The SMILES string of the molecule is Cc1ccc2c(c1O)C[C@@H](C1CCN(C(N)=O)CC1)O[C@H]2CN. The number of benzene rings is 1. The second kappa shape index (κ2) is 6.37. The zero-order chi connectivity index (χ0) is 16.6. The lowest BCUT2D eigenvalue weighted by molar-refractivity contribution is -0.0624. The number of aryl methyl sites for hydroxylation is 1. The number of phenols is 1. The van der Waals surface area contributed by atoms with Gasteiger partial charge in [0.05, 0.1) is 12.2 Å². The Morgan fingerprint density at radius 2 is 2.09 bits per heavy atom. The van der Waals surface area contributed by atoms with Gasteiger partial charge in [0.15, 0.2) is 0 Å². The molecule has 0 spiro atoms. The van der Waals surface area contributed by atoms with Crippen molar-refractivity contribution in [2.24, 2.45) is 17.4 Å². The number of primary amides is 1. The van der Waals surface area contributed by atoms with E-state index in [0.29, 0.717) is 37.7 Å². The van der Waals surface area contributed by atoms with Gasteiger partial charge in [0, 0.05) is 31.6 Å². The minimum atomic E-state index is -0.355. The van der Waals surface area contributed by atoms with Gasteiger partial charge in [-0.2, -0.15) is 0 Å². The second-order valence-corrected chi connectivity index (χ2v) is 6.56. The molecule has 2 amide bonds. The number of nitrogens with zero attached hydrogens (tertiary/aromatic N) is 1. The molecule has 0 aromatic heterocycles. The molecule has 126 valence electrons. The lowest BCUT2D eigenvalue weighted by atomic mass is 9.83. The summed E-state index contributed by atoms with van der Waals surface area (Å²) in [6, 6.07) is 3.56. The molecule has 1 aromatic carbocycles. The summed E-state index contributed by atoms with van der Waals surface area (Å²) < 4.78 is 6.22. The largest absolute Gasteiger partial charge is 0.507 e. The molecule has 2 aliphatic heterocycles. The summed E-state index contributed by atoms with van der Waals surface area (Å²) >= 11 is 0. The summed E-state index contributed by atoms with van der Waals surface area (Å²) in [7, 11) is 0. The molecule has 6 nitrogen and oxygen atoms in total. The predicted octanol–water partition coefficient (Wildman–Crippen LogP) is 1.43. The minimum Gasteiger partial charge on any atom is -0.507 e. The third kappa shape index (κ3) is 3.01. The van der Waals surface area contributed by atoms with Crippen LogP contribution < -0.4 is 11.5 Å². The van der Waals surface area contributed by atoms with E-state index in [1.807, 2.05) is 19.1 Å². The Morgan fingerprint density at radius 3 is 2.70 bits per heavy atom. The number of phenolic OH excluding ortho intramolecular Hbond substituents is 1. The monoisotopic (exact) mass is 319 g/mol. The molecular weight excluding hydrogens is 294 g/mol. The van der Waals surface area contributed by atoms with E-state index in [-0.39, 0.29) is 18.2 Å². The number of carbonyl (C=O) groups is 1. The van der Waals surface area contributed by atoms with Crippen LogP contribution in [0.5, 0.6) is 5.75 Å². The molecule has 0 radical (unpaired) electrons. The van der Waals surface area contributed by atoms with E-state index in [4.69, 9.17) is 16.2 Å². The molecule has 0 bridgehead atoms. The Morgan fingerprint density at radius 1 is 1.39 bits per heavy atom. The van der Waals surface area contributed by atoms with Gasteiger partial charge in [-0.3, -0.25) is 0 Å². The lowest BCUT2D eigenvalue weighted by Gasteiger charge is -2.40. The van der Waals surface area contributed by atoms with Gasteiger partial charge in [0.25, 0.3) is 0 Å².